The molecule has 2 heterocycles. The summed E-state index contributed by atoms with van der Waals surface area (Å²) in [7, 11) is -2.65. The summed E-state index contributed by atoms with van der Waals surface area (Å²) >= 11 is 1.60. The molecule has 1 fully saturated rings. The van der Waals surface area contributed by atoms with Crippen LogP contribution in [0.1, 0.15) is 99.8 Å². The van der Waals surface area contributed by atoms with Crippen molar-refractivity contribution < 1.29 is 28.1 Å². The highest BCUT2D eigenvalue weighted by Crippen LogP contribution is 2.43. The fourth-order valence-electron chi connectivity index (χ4n) is 4.15. The van der Waals surface area contributed by atoms with Crippen molar-refractivity contribution in [3.05, 3.63) is 22.4 Å². The van der Waals surface area contributed by atoms with Crippen molar-refractivity contribution in [1.82, 2.24) is 0 Å². The number of ketones is 1. The molecule has 1 aliphatic heterocycles. The molecule has 1 aromatic heterocycles. The summed E-state index contributed by atoms with van der Waals surface area (Å²) in [6.07, 6.45) is 1.91. The summed E-state index contributed by atoms with van der Waals surface area (Å²) in [5.74, 6) is -0.240. The summed E-state index contributed by atoms with van der Waals surface area (Å²) in [4.78, 5) is 27.0. The zero-order valence-corrected chi connectivity index (χ0v) is 27.7. The number of Topliss-reactive ketones (excluding diaryl/α,β-unsaturated/α-hetero) is 1. The fraction of sp³-hybridized carbons (Fsp3) is 0.793. The Bertz CT molecular complexity index is 914. The van der Waals surface area contributed by atoms with E-state index in [-0.39, 0.29) is 35.1 Å². The first-order valence-electron chi connectivity index (χ1n) is 13.9. The van der Waals surface area contributed by atoms with Gasteiger partial charge in [0.05, 0.1) is 23.7 Å². The second-order valence-electron chi connectivity index (χ2n) is 14.3. The first-order valence-corrected chi connectivity index (χ1v) is 17.7. The average Bonchev–Trinajstić information content (AvgIpc) is 3.27. The quantitative estimate of drug-likeness (QED) is 0.192. The van der Waals surface area contributed by atoms with Gasteiger partial charge in [-0.2, -0.15) is 0 Å². The fourth-order valence-corrected chi connectivity index (χ4v) is 6.27. The minimum absolute atomic E-state index is 0.000972. The van der Waals surface area contributed by atoms with E-state index in [1.54, 1.807) is 11.3 Å². The van der Waals surface area contributed by atoms with E-state index < -0.39 is 32.2 Å². The minimum Gasteiger partial charge on any atom is -0.460 e. The second-order valence-corrected chi connectivity index (χ2v) is 20.0. The summed E-state index contributed by atoms with van der Waals surface area (Å²) in [5.41, 5.74) is -1.53. The van der Waals surface area contributed by atoms with Gasteiger partial charge in [-0.1, -0.05) is 26.8 Å². The van der Waals surface area contributed by atoms with Gasteiger partial charge in [-0.05, 0) is 90.9 Å². The Hall–Kier alpha value is -0.998. The molecule has 2 atom stereocenters. The number of hydrogen-bond acceptors (Lipinski definition) is 7. The summed E-state index contributed by atoms with van der Waals surface area (Å²) in [6.45, 7) is 24.7. The van der Waals surface area contributed by atoms with E-state index in [2.05, 4.69) is 33.9 Å². The van der Waals surface area contributed by atoms with Crippen molar-refractivity contribution in [1.29, 1.82) is 0 Å². The Kier molecular flexibility index (Phi) is 10.7. The molecule has 0 aliphatic carbocycles. The molecule has 2 rings (SSSR count). The number of rotatable bonds is 12. The maximum absolute atomic E-state index is 13.1. The number of hydrogen-bond donors (Lipinski definition) is 0. The molecular weight excluding hydrogens is 515 g/mol. The summed E-state index contributed by atoms with van der Waals surface area (Å²) in [5, 5.41) is 1.99. The zero-order chi connectivity index (χ0) is 29.2. The van der Waals surface area contributed by atoms with E-state index in [4.69, 9.17) is 18.5 Å². The van der Waals surface area contributed by atoms with E-state index in [1.807, 2.05) is 66.0 Å². The monoisotopic (exact) mass is 566 g/mol. The Labute approximate surface area is 236 Å². The van der Waals surface area contributed by atoms with Crippen molar-refractivity contribution in [3.8, 4) is 0 Å². The summed E-state index contributed by atoms with van der Waals surface area (Å²) < 4.78 is 25.2. The van der Waals surface area contributed by atoms with Crippen LogP contribution in [-0.4, -0.2) is 50.1 Å². The standard InChI is InChI=1S/C29H51BO6SSi/c1-26(2,3)33-25(32)20-23(34-38(11,12)27(4,5)6)16-15-21(18-22(31)19-24-14-13-17-37-24)30-35-28(7,8)29(9,10)36-30/h13-14,17,21,23H,15-16,18-20H2,1-12H3/t21?,23-/m0/s1. The van der Waals surface area contributed by atoms with Gasteiger partial charge in [-0.15, -0.1) is 11.3 Å². The van der Waals surface area contributed by atoms with E-state index in [9.17, 15) is 9.59 Å². The molecule has 1 saturated heterocycles. The van der Waals surface area contributed by atoms with Crippen LogP contribution < -0.4 is 0 Å². The van der Waals surface area contributed by atoms with Crippen LogP contribution in [0.2, 0.25) is 23.9 Å². The van der Waals surface area contributed by atoms with Gasteiger partial charge < -0.3 is 18.5 Å². The molecule has 9 heteroatoms. The van der Waals surface area contributed by atoms with Crippen LogP contribution in [0.15, 0.2) is 17.5 Å². The Morgan fingerprint density at radius 3 is 2.05 bits per heavy atom. The number of esters is 1. The Balaban J connectivity index is 2.24. The van der Waals surface area contributed by atoms with Crippen LogP contribution in [-0.2, 0) is 34.5 Å². The lowest BCUT2D eigenvalue weighted by Gasteiger charge is -2.39. The molecule has 38 heavy (non-hydrogen) atoms. The largest absolute Gasteiger partial charge is 0.461 e. The molecule has 0 spiro atoms. The number of ether oxygens (including phenoxy) is 1. The van der Waals surface area contributed by atoms with E-state index >= 15 is 0 Å². The summed E-state index contributed by atoms with van der Waals surface area (Å²) in [6, 6.07) is 3.97. The predicted octanol–water partition coefficient (Wildman–Crippen LogP) is 7.61. The average molecular weight is 567 g/mol. The van der Waals surface area contributed by atoms with Gasteiger partial charge in [-0.3, -0.25) is 9.59 Å². The molecule has 0 amide bonds. The lowest BCUT2D eigenvalue weighted by Crippen LogP contribution is -2.45. The van der Waals surface area contributed by atoms with Crippen molar-refractivity contribution in [2.24, 2.45) is 0 Å². The Morgan fingerprint density at radius 2 is 1.58 bits per heavy atom. The zero-order valence-electron chi connectivity index (χ0n) is 25.9. The molecule has 6 nitrogen and oxygen atoms in total. The maximum Gasteiger partial charge on any atom is 0.461 e. The van der Waals surface area contributed by atoms with Crippen LogP contribution in [0.4, 0.5) is 0 Å². The Morgan fingerprint density at radius 1 is 1.00 bits per heavy atom. The van der Waals surface area contributed by atoms with Gasteiger partial charge in [0.1, 0.15) is 11.4 Å². The molecule has 216 valence electrons. The van der Waals surface area contributed by atoms with Crippen molar-refractivity contribution >= 4 is 38.5 Å². The molecule has 0 saturated carbocycles. The first kappa shape index (κ1) is 33.2. The SMILES string of the molecule is CC(C)(C)OC(=O)C[C@H](CCC(CC(=O)Cc1cccs1)B1OC(C)(C)C(C)(C)O1)O[Si](C)(C)C(C)(C)C. The molecule has 1 aliphatic rings. The van der Waals surface area contributed by atoms with Crippen LogP contribution >= 0.6 is 11.3 Å². The highest BCUT2D eigenvalue weighted by molar-refractivity contribution is 7.10. The third-order valence-corrected chi connectivity index (χ3v) is 13.5. The van der Waals surface area contributed by atoms with Gasteiger partial charge in [0.2, 0.25) is 0 Å². The van der Waals surface area contributed by atoms with E-state index in [0.29, 0.717) is 25.7 Å². The van der Waals surface area contributed by atoms with Crippen LogP contribution in [0, 0.1) is 0 Å². The van der Waals surface area contributed by atoms with Gasteiger partial charge in [-0.25, -0.2) is 0 Å². The van der Waals surface area contributed by atoms with Gasteiger partial charge in [0.25, 0.3) is 0 Å². The highest BCUT2D eigenvalue weighted by atomic mass is 32.1. The van der Waals surface area contributed by atoms with Gasteiger partial charge >= 0.3 is 13.1 Å². The van der Waals surface area contributed by atoms with E-state index in [0.717, 1.165) is 4.88 Å². The third kappa shape index (κ3) is 9.58. The normalized spacial score (nSPS) is 19.3. The van der Waals surface area contributed by atoms with Crippen LogP contribution in [0.25, 0.3) is 0 Å². The van der Waals surface area contributed by atoms with E-state index in [1.165, 1.54) is 0 Å². The maximum atomic E-state index is 13.1. The number of thiophene rings is 1. The molecule has 0 aromatic carbocycles. The third-order valence-electron chi connectivity index (χ3n) is 8.04. The number of carbonyl (C=O) groups excluding carboxylic acids is 2. The molecule has 1 aromatic rings. The molecule has 0 bridgehead atoms. The number of carbonyl (C=O) groups is 2. The predicted molar refractivity (Wildman–Crippen MR) is 159 cm³/mol. The van der Waals surface area contributed by atoms with Crippen molar-refractivity contribution in [2.75, 3.05) is 0 Å². The minimum atomic E-state index is -2.15. The topological polar surface area (TPSA) is 71.1 Å². The van der Waals surface area contributed by atoms with Crippen molar-refractivity contribution in [2.45, 2.75) is 148 Å². The van der Waals surface area contributed by atoms with Gasteiger partial charge in [0.15, 0.2) is 8.32 Å². The first-order chi connectivity index (χ1) is 17.1. The molecule has 1 unspecified atom stereocenters. The van der Waals surface area contributed by atoms with Crippen LogP contribution in [0.3, 0.4) is 0 Å². The molecule has 0 radical (unpaired) electrons. The van der Waals surface area contributed by atoms with Crippen molar-refractivity contribution in [3.63, 3.8) is 0 Å². The van der Waals surface area contributed by atoms with Crippen LogP contribution in [0.5, 0.6) is 0 Å². The lowest BCUT2D eigenvalue weighted by atomic mass is 9.66. The molecular formula is C29H51BO6SSi. The second kappa shape index (κ2) is 12.3. The molecule has 0 N–H and O–H groups in total. The smallest absolute Gasteiger partial charge is 0.460 e. The lowest BCUT2D eigenvalue weighted by molar-refractivity contribution is -0.157. The highest BCUT2D eigenvalue weighted by Gasteiger charge is 2.54. The van der Waals surface area contributed by atoms with Gasteiger partial charge in [0, 0.05) is 23.5 Å².